The molecule has 0 bridgehead atoms. The Bertz CT molecular complexity index is 1340. The molecular formula is C21H15N3O5. The van der Waals surface area contributed by atoms with Crippen molar-refractivity contribution in [1.82, 2.24) is 4.98 Å². The van der Waals surface area contributed by atoms with Gasteiger partial charge in [-0.25, -0.2) is 4.98 Å². The molecule has 0 fully saturated rings. The molecule has 0 saturated heterocycles. The predicted molar refractivity (Wildman–Crippen MR) is 109 cm³/mol. The van der Waals surface area contributed by atoms with Crippen molar-refractivity contribution in [3.63, 3.8) is 0 Å². The van der Waals surface area contributed by atoms with E-state index < -0.39 is 11.3 Å². The minimum Gasteiger partial charge on any atom is -0.450 e. The molecule has 1 aliphatic heterocycles. The first-order valence-corrected chi connectivity index (χ1v) is 8.68. The predicted octanol–water partition coefficient (Wildman–Crippen LogP) is 2.81. The number of hydrogen-bond donors (Lipinski definition) is 1. The minimum absolute atomic E-state index is 0.0853. The lowest BCUT2D eigenvalue weighted by molar-refractivity contribution is -0.114. The highest BCUT2D eigenvalue weighted by molar-refractivity contribution is 6.09. The Kier molecular flexibility index (Phi) is 4.31. The zero-order valence-electron chi connectivity index (χ0n) is 15.6. The maximum atomic E-state index is 13.1. The summed E-state index contributed by atoms with van der Waals surface area (Å²) in [5, 5.41) is 3.12. The molecule has 2 aromatic carbocycles. The van der Waals surface area contributed by atoms with Crippen LogP contribution in [-0.2, 0) is 9.59 Å². The number of anilines is 2. The third-order valence-electron chi connectivity index (χ3n) is 4.63. The number of rotatable bonds is 4. The molecule has 0 unspecified atom stereocenters. The summed E-state index contributed by atoms with van der Waals surface area (Å²) in [5.41, 5.74) is 1.33. The van der Waals surface area contributed by atoms with Gasteiger partial charge < -0.3 is 14.6 Å². The van der Waals surface area contributed by atoms with Crippen LogP contribution in [0.15, 0.2) is 45.6 Å². The number of carbonyl (C=O) groups excluding carboxylic acids is 3. The number of aromatic nitrogens is 1. The van der Waals surface area contributed by atoms with E-state index in [0.29, 0.717) is 40.6 Å². The van der Waals surface area contributed by atoms with Crippen LogP contribution >= 0.6 is 0 Å². The fourth-order valence-corrected chi connectivity index (χ4v) is 3.28. The second-order valence-electron chi connectivity index (χ2n) is 6.53. The molecule has 1 aliphatic carbocycles. The summed E-state index contributed by atoms with van der Waals surface area (Å²) in [4.78, 5) is 53.3. The van der Waals surface area contributed by atoms with Crippen LogP contribution in [0.5, 0.6) is 0 Å². The van der Waals surface area contributed by atoms with Crippen LogP contribution in [0.2, 0.25) is 0 Å². The molecule has 8 nitrogen and oxygen atoms in total. The summed E-state index contributed by atoms with van der Waals surface area (Å²) >= 11 is 0. The molecule has 0 spiro atoms. The number of nitrogens with one attached hydrogen (secondary N) is 1. The molecule has 1 heterocycles. The molecule has 29 heavy (non-hydrogen) atoms. The van der Waals surface area contributed by atoms with Crippen molar-refractivity contribution in [3.8, 4) is 11.5 Å². The van der Waals surface area contributed by atoms with E-state index in [4.69, 9.17) is 4.42 Å². The zero-order valence-corrected chi connectivity index (χ0v) is 15.6. The lowest BCUT2D eigenvalue weighted by Crippen LogP contribution is -2.19. The van der Waals surface area contributed by atoms with Gasteiger partial charge >= 0.3 is 0 Å². The molecule has 1 N–H and O–H groups in total. The van der Waals surface area contributed by atoms with Gasteiger partial charge in [0.05, 0.1) is 0 Å². The Morgan fingerprint density at radius 3 is 2.69 bits per heavy atom. The van der Waals surface area contributed by atoms with Crippen molar-refractivity contribution >= 4 is 51.9 Å². The molecule has 0 atom stereocenters. The monoisotopic (exact) mass is 389 g/mol. The number of hydrogen-bond acceptors (Lipinski definition) is 6. The maximum Gasteiger partial charge on any atom is 0.221 e. The SMILES string of the molecule is CC(=O)Nc1c2oc3cc(N(C)C=O)ccc3nc-2c2cccc(C=O)c2c1=O. The lowest BCUT2D eigenvalue weighted by atomic mass is 9.99. The van der Waals surface area contributed by atoms with Gasteiger partial charge in [-0.05, 0) is 12.1 Å². The molecule has 4 rings (SSSR count). The van der Waals surface area contributed by atoms with E-state index in [1.807, 2.05) is 0 Å². The van der Waals surface area contributed by atoms with Crippen LogP contribution in [0, 0.1) is 0 Å². The average molecular weight is 389 g/mol. The number of fused-ring (bicyclic) bond motifs is 4. The summed E-state index contributed by atoms with van der Waals surface area (Å²) in [7, 11) is 1.59. The van der Waals surface area contributed by atoms with Gasteiger partial charge in [0.15, 0.2) is 17.6 Å². The highest BCUT2D eigenvalue weighted by Gasteiger charge is 2.24. The van der Waals surface area contributed by atoms with E-state index in [1.165, 1.54) is 17.9 Å². The van der Waals surface area contributed by atoms with Gasteiger partial charge in [-0.3, -0.25) is 19.2 Å². The Morgan fingerprint density at radius 1 is 1.21 bits per heavy atom. The van der Waals surface area contributed by atoms with E-state index in [1.54, 1.807) is 37.4 Å². The third-order valence-corrected chi connectivity index (χ3v) is 4.63. The molecule has 0 radical (unpaired) electrons. The van der Waals surface area contributed by atoms with E-state index in [9.17, 15) is 19.2 Å². The zero-order chi connectivity index (χ0) is 20.7. The molecule has 0 saturated carbocycles. The van der Waals surface area contributed by atoms with Gasteiger partial charge in [0, 0.05) is 42.1 Å². The maximum absolute atomic E-state index is 13.1. The van der Waals surface area contributed by atoms with Crippen molar-refractivity contribution in [2.24, 2.45) is 0 Å². The topological polar surface area (TPSA) is 110 Å². The Balaban J connectivity index is 2.18. The Labute approximate surface area is 164 Å². The molecule has 2 aliphatic rings. The molecule has 8 heteroatoms. The van der Waals surface area contributed by atoms with E-state index in [0.717, 1.165) is 0 Å². The van der Waals surface area contributed by atoms with Gasteiger partial charge in [0.2, 0.25) is 17.7 Å². The fourth-order valence-electron chi connectivity index (χ4n) is 3.28. The Hall–Kier alpha value is -4.07. The standard InChI is InChI=1S/C21H15N3O5/c1-11(27)22-19-20(28)17-12(9-25)4-3-5-14(17)18-21(19)29-16-8-13(24(2)10-26)6-7-15(16)23-18/h3-10H,1-2H3,(H,22,27). The van der Waals surface area contributed by atoms with Crippen LogP contribution in [0.3, 0.4) is 0 Å². The van der Waals surface area contributed by atoms with Crippen molar-refractivity contribution < 1.29 is 18.8 Å². The summed E-state index contributed by atoms with van der Waals surface area (Å²) in [6, 6.07) is 9.86. The molecular weight excluding hydrogens is 374 g/mol. The first kappa shape index (κ1) is 18.3. The Morgan fingerprint density at radius 2 is 2.00 bits per heavy atom. The first-order valence-electron chi connectivity index (χ1n) is 8.68. The molecule has 2 aromatic rings. The van der Waals surface area contributed by atoms with Gasteiger partial charge in [-0.2, -0.15) is 0 Å². The van der Waals surface area contributed by atoms with Crippen LogP contribution in [0.25, 0.3) is 33.3 Å². The summed E-state index contributed by atoms with van der Waals surface area (Å²) < 4.78 is 5.97. The van der Waals surface area contributed by atoms with Gasteiger partial charge in [-0.15, -0.1) is 0 Å². The molecule has 144 valence electrons. The lowest BCUT2D eigenvalue weighted by Gasteiger charge is -2.16. The number of benzene rings is 3. The summed E-state index contributed by atoms with van der Waals surface area (Å²) in [5.74, 6) is -0.366. The van der Waals surface area contributed by atoms with Gasteiger partial charge in [0.25, 0.3) is 0 Å². The quantitative estimate of drug-likeness (QED) is 0.327. The highest BCUT2D eigenvalue weighted by atomic mass is 16.3. The van der Waals surface area contributed by atoms with Crippen molar-refractivity contribution in [1.29, 1.82) is 0 Å². The fraction of sp³-hybridized carbons (Fsp3) is 0.0952. The van der Waals surface area contributed by atoms with Crippen molar-refractivity contribution in [3.05, 3.63) is 52.2 Å². The third kappa shape index (κ3) is 2.91. The van der Waals surface area contributed by atoms with Crippen molar-refractivity contribution in [2.45, 2.75) is 6.92 Å². The van der Waals surface area contributed by atoms with E-state index >= 15 is 0 Å². The van der Waals surface area contributed by atoms with Crippen molar-refractivity contribution in [2.75, 3.05) is 17.3 Å². The largest absolute Gasteiger partial charge is 0.450 e. The number of aldehydes is 1. The number of nitrogens with zero attached hydrogens (tertiary/aromatic N) is 2. The normalized spacial score (nSPS) is 11.0. The van der Waals surface area contributed by atoms with E-state index in [2.05, 4.69) is 10.3 Å². The summed E-state index contributed by atoms with van der Waals surface area (Å²) in [6.07, 6.45) is 1.25. The number of amides is 2. The van der Waals surface area contributed by atoms with Crippen LogP contribution in [-0.4, -0.2) is 30.6 Å². The second kappa shape index (κ2) is 6.83. The molecule has 2 amide bonds. The smallest absolute Gasteiger partial charge is 0.221 e. The van der Waals surface area contributed by atoms with Crippen LogP contribution < -0.4 is 15.6 Å². The van der Waals surface area contributed by atoms with Crippen LogP contribution in [0.1, 0.15) is 17.3 Å². The van der Waals surface area contributed by atoms with Crippen LogP contribution in [0.4, 0.5) is 11.4 Å². The molecule has 0 aromatic heterocycles. The van der Waals surface area contributed by atoms with Gasteiger partial charge in [0.1, 0.15) is 16.9 Å². The second-order valence-corrected chi connectivity index (χ2v) is 6.53. The van der Waals surface area contributed by atoms with Gasteiger partial charge in [-0.1, -0.05) is 18.2 Å². The average Bonchev–Trinajstić information content (AvgIpc) is 2.73. The number of carbonyl (C=O) groups is 3. The first-order chi connectivity index (χ1) is 13.9. The highest BCUT2D eigenvalue weighted by Crippen LogP contribution is 2.36. The summed E-state index contributed by atoms with van der Waals surface area (Å²) in [6.45, 7) is 1.27. The van der Waals surface area contributed by atoms with E-state index in [-0.39, 0.29) is 22.4 Å². The minimum atomic E-state index is -0.531.